The molecule has 1 amide bonds. The zero-order valence-corrected chi connectivity index (χ0v) is 14.5. The molecule has 134 valence electrons. The Morgan fingerprint density at radius 2 is 2.15 bits per heavy atom. The zero-order chi connectivity index (χ0) is 17.7. The van der Waals surface area contributed by atoms with Crippen LogP contribution in [-0.4, -0.2) is 46.8 Å². The van der Waals surface area contributed by atoms with Gasteiger partial charge in [-0.15, -0.1) is 10.2 Å². The van der Waals surface area contributed by atoms with Gasteiger partial charge in [-0.1, -0.05) is 18.2 Å². The van der Waals surface area contributed by atoms with E-state index in [0.717, 1.165) is 23.8 Å². The highest BCUT2D eigenvalue weighted by molar-refractivity contribution is 5.96. The van der Waals surface area contributed by atoms with Crippen molar-refractivity contribution in [1.29, 1.82) is 0 Å². The Hall–Kier alpha value is -2.67. The standard InChI is InChI=1S/C19H19N3O4/c1-12-20-21-18(25-12)19-7-9-24-16(19)6-8-22(11-19)17(23)15-10-13-4-2-3-5-14(13)26-15/h2-5,10,16H,6-9,11H2,1H3/t16-,19-/m0/s1. The van der Waals surface area contributed by atoms with Gasteiger partial charge in [0.25, 0.3) is 5.91 Å². The monoisotopic (exact) mass is 353 g/mol. The molecule has 26 heavy (non-hydrogen) atoms. The number of aromatic nitrogens is 2. The lowest BCUT2D eigenvalue weighted by Gasteiger charge is -2.41. The van der Waals surface area contributed by atoms with E-state index in [9.17, 15) is 4.79 Å². The summed E-state index contributed by atoms with van der Waals surface area (Å²) in [5, 5.41) is 9.15. The molecule has 0 N–H and O–H groups in total. The molecule has 0 bridgehead atoms. The third kappa shape index (κ3) is 2.27. The molecular formula is C19H19N3O4. The molecule has 7 heteroatoms. The highest BCUT2D eigenvalue weighted by Gasteiger charge is 2.53. The molecule has 0 radical (unpaired) electrons. The van der Waals surface area contributed by atoms with Crippen molar-refractivity contribution in [1.82, 2.24) is 15.1 Å². The molecule has 1 aromatic carbocycles. The minimum Gasteiger partial charge on any atom is -0.451 e. The number of fused-ring (bicyclic) bond motifs is 2. The van der Waals surface area contributed by atoms with Crippen LogP contribution in [0.3, 0.4) is 0 Å². The average molecular weight is 353 g/mol. The van der Waals surface area contributed by atoms with Crippen LogP contribution in [0.25, 0.3) is 11.0 Å². The average Bonchev–Trinajstić information content (AvgIpc) is 3.37. The highest BCUT2D eigenvalue weighted by atomic mass is 16.5. The van der Waals surface area contributed by atoms with Gasteiger partial charge < -0.3 is 18.5 Å². The Balaban J connectivity index is 1.47. The van der Waals surface area contributed by atoms with Crippen molar-refractivity contribution in [2.24, 2.45) is 0 Å². The number of piperidine rings is 1. The van der Waals surface area contributed by atoms with Crippen LogP contribution < -0.4 is 0 Å². The second kappa shape index (κ2) is 5.67. The highest BCUT2D eigenvalue weighted by Crippen LogP contribution is 2.43. The van der Waals surface area contributed by atoms with E-state index in [2.05, 4.69) is 10.2 Å². The summed E-state index contributed by atoms with van der Waals surface area (Å²) in [4.78, 5) is 14.9. The lowest BCUT2D eigenvalue weighted by atomic mass is 9.76. The summed E-state index contributed by atoms with van der Waals surface area (Å²) in [6.45, 7) is 3.53. The Kier molecular flexibility index (Phi) is 3.40. The van der Waals surface area contributed by atoms with Crippen molar-refractivity contribution in [3.63, 3.8) is 0 Å². The van der Waals surface area contributed by atoms with Crippen LogP contribution >= 0.6 is 0 Å². The van der Waals surface area contributed by atoms with Crippen LogP contribution in [-0.2, 0) is 10.2 Å². The molecule has 2 aliphatic heterocycles. The summed E-state index contributed by atoms with van der Waals surface area (Å²) in [5.41, 5.74) is 0.290. The third-order valence-corrected chi connectivity index (χ3v) is 5.49. The quantitative estimate of drug-likeness (QED) is 0.704. The summed E-state index contributed by atoms with van der Waals surface area (Å²) >= 11 is 0. The van der Waals surface area contributed by atoms with Gasteiger partial charge in [-0.25, -0.2) is 0 Å². The Labute approximate surface area is 149 Å². The Bertz CT molecular complexity index is 945. The van der Waals surface area contributed by atoms with Crippen molar-refractivity contribution in [3.8, 4) is 0 Å². The number of ether oxygens (including phenoxy) is 1. The minimum absolute atomic E-state index is 0.00192. The number of hydrogen-bond acceptors (Lipinski definition) is 6. The van der Waals surface area contributed by atoms with Gasteiger partial charge in [0.1, 0.15) is 5.58 Å². The maximum atomic E-state index is 13.1. The molecule has 5 rings (SSSR count). The van der Waals surface area contributed by atoms with E-state index in [1.54, 1.807) is 13.0 Å². The van der Waals surface area contributed by atoms with E-state index in [1.165, 1.54) is 0 Å². The van der Waals surface area contributed by atoms with Gasteiger partial charge in [0.05, 0.1) is 11.5 Å². The van der Waals surface area contributed by atoms with E-state index >= 15 is 0 Å². The first kappa shape index (κ1) is 15.6. The van der Waals surface area contributed by atoms with E-state index < -0.39 is 5.41 Å². The summed E-state index contributed by atoms with van der Waals surface area (Å²) in [6, 6.07) is 9.44. The van der Waals surface area contributed by atoms with E-state index in [4.69, 9.17) is 13.6 Å². The van der Waals surface area contributed by atoms with E-state index in [0.29, 0.717) is 37.2 Å². The Morgan fingerprint density at radius 1 is 1.27 bits per heavy atom. The SMILES string of the molecule is Cc1nnc([C@]23CCO[C@H]2CCN(C(=O)c2cc4ccccc4o2)C3)o1. The van der Waals surface area contributed by atoms with Gasteiger partial charge in [0, 0.05) is 32.0 Å². The molecule has 2 aliphatic rings. The zero-order valence-electron chi connectivity index (χ0n) is 14.5. The van der Waals surface area contributed by atoms with Crippen LogP contribution in [0.5, 0.6) is 0 Å². The number of furan rings is 1. The first-order valence-electron chi connectivity index (χ1n) is 8.86. The van der Waals surface area contributed by atoms with Gasteiger partial charge in [0.2, 0.25) is 11.8 Å². The van der Waals surface area contributed by atoms with E-state index in [-0.39, 0.29) is 12.0 Å². The maximum Gasteiger partial charge on any atom is 0.289 e. The van der Waals surface area contributed by atoms with Crippen molar-refractivity contribution in [2.45, 2.75) is 31.3 Å². The van der Waals surface area contributed by atoms with Crippen molar-refractivity contribution < 1.29 is 18.4 Å². The van der Waals surface area contributed by atoms with Gasteiger partial charge in [-0.3, -0.25) is 4.79 Å². The molecule has 4 heterocycles. The summed E-state index contributed by atoms with van der Waals surface area (Å²) in [5.74, 6) is 1.35. The molecule has 0 aliphatic carbocycles. The van der Waals surface area contributed by atoms with Crippen LogP contribution in [0.1, 0.15) is 35.2 Å². The second-order valence-corrected chi connectivity index (χ2v) is 7.06. The summed E-state index contributed by atoms with van der Waals surface area (Å²) in [6.07, 6.45) is 1.51. The fraction of sp³-hybridized carbons (Fsp3) is 0.421. The lowest BCUT2D eigenvalue weighted by molar-refractivity contribution is 0.00860. The first-order chi connectivity index (χ1) is 12.7. The van der Waals surface area contributed by atoms with Crippen molar-refractivity contribution >= 4 is 16.9 Å². The number of rotatable bonds is 2. The summed E-state index contributed by atoms with van der Waals surface area (Å²) < 4.78 is 17.4. The Morgan fingerprint density at radius 3 is 2.96 bits per heavy atom. The lowest BCUT2D eigenvalue weighted by Crippen LogP contribution is -2.54. The largest absolute Gasteiger partial charge is 0.451 e. The number of para-hydroxylation sites is 1. The maximum absolute atomic E-state index is 13.1. The smallest absolute Gasteiger partial charge is 0.289 e. The first-order valence-corrected chi connectivity index (χ1v) is 8.86. The fourth-order valence-corrected chi connectivity index (χ4v) is 4.16. The molecule has 2 atom stereocenters. The fourth-order valence-electron chi connectivity index (χ4n) is 4.16. The molecule has 2 saturated heterocycles. The molecule has 2 aromatic heterocycles. The number of aryl methyl sites for hydroxylation is 1. The van der Waals surface area contributed by atoms with E-state index in [1.807, 2.05) is 29.2 Å². The number of likely N-dealkylation sites (tertiary alicyclic amines) is 1. The topological polar surface area (TPSA) is 81.6 Å². The molecule has 2 fully saturated rings. The van der Waals surface area contributed by atoms with Crippen LogP contribution in [0.2, 0.25) is 0 Å². The molecular weight excluding hydrogens is 334 g/mol. The number of amides is 1. The molecule has 0 saturated carbocycles. The van der Waals surface area contributed by atoms with Crippen molar-refractivity contribution in [2.75, 3.05) is 19.7 Å². The number of carbonyl (C=O) groups excluding carboxylic acids is 1. The number of hydrogen-bond donors (Lipinski definition) is 0. The predicted octanol–water partition coefficient (Wildman–Crippen LogP) is 2.70. The number of benzene rings is 1. The van der Waals surface area contributed by atoms with Gasteiger partial charge in [0.15, 0.2) is 5.76 Å². The molecule has 3 aromatic rings. The summed E-state index contributed by atoms with van der Waals surface area (Å²) in [7, 11) is 0. The predicted molar refractivity (Wildman–Crippen MR) is 91.8 cm³/mol. The van der Waals surface area contributed by atoms with Gasteiger partial charge >= 0.3 is 0 Å². The molecule has 0 spiro atoms. The molecule has 0 unspecified atom stereocenters. The van der Waals surface area contributed by atoms with Crippen LogP contribution in [0.4, 0.5) is 0 Å². The normalized spacial score (nSPS) is 25.6. The second-order valence-electron chi connectivity index (χ2n) is 7.06. The van der Waals surface area contributed by atoms with Crippen LogP contribution in [0, 0.1) is 6.92 Å². The number of carbonyl (C=O) groups is 1. The third-order valence-electron chi connectivity index (χ3n) is 5.49. The van der Waals surface area contributed by atoms with Gasteiger partial charge in [-0.05, 0) is 25.0 Å². The minimum atomic E-state index is -0.429. The molecule has 7 nitrogen and oxygen atoms in total. The van der Waals surface area contributed by atoms with Crippen molar-refractivity contribution in [3.05, 3.63) is 47.9 Å². The van der Waals surface area contributed by atoms with Gasteiger partial charge in [-0.2, -0.15) is 0 Å². The number of nitrogens with zero attached hydrogens (tertiary/aromatic N) is 3. The van der Waals surface area contributed by atoms with Crippen LogP contribution in [0.15, 0.2) is 39.2 Å².